The summed E-state index contributed by atoms with van der Waals surface area (Å²) >= 11 is 0. The molecular formula is C12H17NO3. The molecule has 0 atom stereocenters. The van der Waals surface area contributed by atoms with Crippen molar-refractivity contribution in [1.82, 2.24) is 4.90 Å². The number of aliphatic hydroxyl groups is 1. The minimum atomic E-state index is -0.0961. The number of rotatable bonds is 4. The van der Waals surface area contributed by atoms with Gasteiger partial charge in [-0.05, 0) is 32.3 Å². The molecule has 1 saturated carbocycles. The minimum Gasteiger partial charge on any atom is -0.459 e. The van der Waals surface area contributed by atoms with E-state index in [1.165, 1.54) is 6.26 Å². The largest absolute Gasteiger partial charge is 0.459 e. The molecule has 0 spiro atoms. The van der Waals surface area contributed by atoms with Crippen LogP contribution in [0.2, 0.25) is 0 Å². The maximum atomic E-state index is 12.2. The van der Waals surface area contributed by atoms with Gasteiger partial charge in [0.25, 0.3) is 5.91 Å². The standard InChI is InChI=1S/C12H17NO3/c1-9-5-8-16-11(9)12(15)13(6-7-14)10-3-2-4-10/h5,8,10,14H,2-4,6-7H2,1H3. The first-order valence-electron chi connectivity index (χ1n) is 5.70. The first kappa shape index (κ1) is 11.2. The average molecular weight is 223 g/mol. The van der Waals surface area contributed by atoms with Gasteiger partial charge in [-0.2, -0.15) is 0 Å². The highest BCUT2D eigenvalue weighted by atomic mass is 16.3. The summed E-state index contributed by atoms with van der Waals surface area (Å²) in [7, 11) is 0. The molecule has 1 fully saturated rings. The lowest BCUT2D eigenvalue weighted by Gasteiger charge is -2.36. The van der Waals surface area contributed by atoms with Gasteiger partial charge in [0.2, 0.25) is 0 Å². The number of hydrogen-bond donors (Lipinski definition) is 1. The van der Waals surface area contributed by atoms with Gasteiger partial charge in [0.05, 0.1) is 12.9 Å². The third kappa shape index (κ3) is 1.97. The van der Waals surface area contributed by atoms with E-state index >= 15 is 0 Å². The second kappa shape index (κ2) is 4.70. The predicted molar refractivity (Wildman–Crippen MR) is 59.2 cm³/mol. The Kier molecular flexibility index (Phi) is 3.29. The lowest BCUT2D eigenvalue weighted by molar-refractivity contribution is 0.0494. The average Bonchev–Trinajstić information content (AvgIpc) is 2.60. The molecule has 1 aromatic rings. The van der Waals surface area contributed by atoms with E-state index in [0.717, 1.165) is 24.8 Å². The monoisotopic (exact) mass is 223 g/mol. The van der Waals surface area contributed by atoms with Crippen molar-refractivity contribution in [3.63, 3.8) is 0 Å². The summed E-state index contributed by atoms with van der Waals surface area (Å²) in [5.74, 6) is 0.307. The minimum absolute atomic E-state index is 0.00198. The van der Waals surface area contributed by atoms with Crippen LogP contribution in [0.15, 0.2) is 16.7 Å². The number of nitrogens with zero attached hydrogens (tertiary/aromatic N) is 1. The zero-order chi connectivity index (χ0) is 11.5. The summed E-state index contributed by atoms with van der Waals surface area (Å²) in [4.78, 5) is 13.9. The number of carbonyl (C=O) groups is 1. The molecule has 1 aromatic heterocycles. The highest BCUT2D eigenvalue weighted by molar-refractivity contribution is 5.93. The number of aliphatic hydroxyl groups excluding tert-OH is 1. The number of carbonyl (C=O) groups excluding carboxylic acids is 1. The lowest BCUT2D eigenvalue weighted by Crippen LogP contribution is -2.45. The summed E-state index contributed by atoms with van der Waals surface area (Å²) in [6.45, 7) is 2.25. The third-order valence-electron chi connectivity index (χ3n) is 3.17. The Morgan fingerprint density at radius 2 is 2.38 bits per heavy atom. The molecular weight excluding hydrogens is 206 g/mol. The molecule has 0 unspecified atom stereocenters. The van der Waals surface area contributed by atoms with E-state index in [2.05, 4.69) is 0 Å². The van der Waals surface area contributed by atoms with Gasteiger partial charge in [-0.25, -0.2) is 0 Å². The normalized spacial score (nSPS) is 15.9. The van der Waals surface area contributed by atoms with Crippen LogP contribution in [0.3, 0.4) is 0 Å². The Bertz CT molecular complexity index is 368. The molecule has 16 heavy (non-hydrogen) atoms. The van der Waals surface area contributed by atoms with Crippen molar-refractivity contribution in [1.29, 1.82) is 0 Å². The molecule has 4 nitrogen and oxygen atoms in total. The van der Waals surface area contributed by atoms with Crippen LogP contribution in [0.4, 0.5) is 0 Å². The van der Waals surface area contributed by atoms with Crippen molar-refractivity contribution >= 4 is 5.91 Å². The molecule has 4 heteroatoms. The zero-order valence-corrected chi connectivity index (χ0v) is 9.48. The molecule has 1 aliphatic carbocycles. The topological polar surface area (TPSA) is 53.7 Å². The summed E-state index contributed by atoms with van der Waals surface area (Å²) < 4.78 is 5.20. The van der Waals surface area contributed by atoms with E-state index in [9.17, 15) is 4.79 Å². The van der Waals surface area contributed by atoms with E-state index in [4.69, 9.17) is 9.52 Å². The first-order valence-corrected chi connectivity index (χ1v) is 5.70. The van der Waals surface area contributed by atoms with Crippen LogP contribution in [-0.2, 0) is 0 Å². The smallest absolute Gasteiger partial charge is 0.290 e. The Morgan fingerprint density at radius 1 is 1.62 bits per heavy atom. The second-order valence-corrected chi connectivity index (χ2v) is 4.24. The molecule has 0 aliphatic heterocycles. The van der Waals surface area contributed by atoms with Crippen LogP contribution in [-0.4, -0.2) is 35.1 Å². The molecule has 2 rings (SSSR count). The summed E-state index contributed by atoms with van der Waals surface area (Å²) in [5, 5.41) is 9.00. The predicted octanol–water partition coefficient (Wildman–Crippen LogP) is 1.58. The zero-order valence-electron chi connectivity index (χ0n) is 9.48. The maximum Gasteiger partial charge on any atom is 0.290 e. The van der Waals surface area contributed by atoms with E-state index in [-0.39, 0.29) is 18.6 Å². The van der Waals surface area contributed by atoms with Gasteiger partial charge in [-0.1, -0.05) is 0 Å². The van der Waals surface area contributed by atoms with Gasteiger partial charge >= 0.3 is 0 Å². The number of hydrogen-bond acceptors (Lipinski definition) is 3. The van der Waals surface area contributed by atoms with Crippen molar-refractivity contribution in [3.8, 4) is 0 Å². The molecule has 0 saturated heterocycles. The number of aryl methyl sites for hydroxylation is 1. The Balaban J connectivity index is 2.13. The lowest BCUT2D eigenvalue weighted by atomic mass is 9.91. The number of furan rings is 1. The Morgan fingerprint density at radius 3 is 2.81 bits per heavy atom. The Labute approximate surface area is 94.9 Å². The Hall–Kier alpha value is -1.29. The van der Waals surface area contributed by atoms with Crippen LogP contribution in [0.25, 0.3) is 0 Å². The molecule has 0 bridgehead atoms. The molecule has 0 aromatic carbocycles. The van der Waals surface area contributed by atoms with Crippen LogP contribution in [0, 0.1) is 6.92 Å². The van der Waals surface area contributed by atoms with Gasteiger partial charge in [0, 0.05) is 18.2 Å². The third-order valence-corrected chi connectivity index (χ3v) is 3.17. The first-order chi connectivity index (χ1) is 7.74. The van der Waals surface area contributed by atoms with Gasteiger partial charge in [0.15, 0.2) is 5.76 Å². The van der Waals surface area contributed by atoms with Gasteiger partial charge in [-0.3, -0.25) is 4.79 Å². The number of amides is 1. The van der Waals surface area contributed by atoms with E-state index in [1.807, 2.05) is 6.92 Å². The van der Waals surface area contributed by atoms with E-state index in [0.29, 0.717) is 12.3 Å². The second-order valence-electron chi connectivity index (χ2n) is 4.24. The van der Waals surface area contributed by atoms with E-state index < -0.39 is 0 Å². The molecule has 1 heterocycles. The van der Waals surface area contributed by atoms with Crippen molar-refractivity contribution in [2.45, 2.75) is 32.2 Å². The fraction of sp³-hybridized carbons (Fsp3) is 0.583. The van der Waals surface area contributed by atoms with Crippen LogP contribution in [0.5, 0.6) is 0 Å². The van der Waals surface area contributed by atoms with Crippen LogP contribution < -0.4 is 0 Å². The summed E-state index contributed by atoms with van der Waals surface area (Å²) in [6, 6.07) is 2.06. The molecule has 1 N–H and O–H groups in total. The maximum absolute atomic E-state index is 12.2. The summed E-state index contributed by atoms with van der Waals surface area (Å²) in [6.07, 6.45) is 4.76. The van der Waals surface area contributed by atoms with Crippen molar-refractivity contribution in [2.24, 2.45) is 0 Å². The van der Waals surface area contributed by atoms with Crippen molar-refractivity contribution < 1.29 is 14.3 Å². The molecule has 88 valence electrons. The highest BCUT2D eigenvalue weighted by Gasteiger charge is 2.30. The van der Waals surface area contributed by atoms with Crippen LogP contribution >= 0.6 is 0 Å². The van der Waals surface area contributed by atoms with Crippen LogP contribution in [0.1, 0.15) is 35.4 Å². The van der Waals surface area contributed by atoms with Crippen molar-refractivity contribution in [2.75, 3.05) is 13.2 Å². The quantitative estimate of drug-likeness (QED) is 0.843. The molecule has 1 amide bonds. The highest BCUT2D eigenvalue weighted by Crippen LogP contribution is 2.26. The fourth-order valence-corrected chi connectivity index (χ4v) is 1.98. The molecule has 0 radical (unpaired) electrons. The van der Waals surface area contributed by atoms with Gasteiger partial charge in [0.1, 0.15) is 0 Å². The SMILES string of the molecule is Cc1ccoc1C(=O)N(CCO)C1CCC1. The van der Waals surface area contributed by atoms with Crippen molar-refractivity contribution in [3.05, 3.63) is 23.7 Å². The van der Waals surface area contributed by atoms with E-state index in [1.54, 1.807) is 11.0 Å². The van der Waals surface area contributed by atoms with Gasteiger partial charge in [-0.15, -0.1) is 0 Å². The molecule has 1 aliphatic rings. The summed E-state index contributed by atoms with van der Waals surface area (Å²) in [5.41, 5.74) is 0.854. The van der Waals surface area contributed by atoms with Gasteiger partial charge < -0.3 is 14.4 Å². The fourth-order valence-electron chi connectivity index (χ4n) is 1.98.